The van der Waals surface area contributed by atoms with E-state index in [0.717, 1.165) is 10.9 Å². The lowest BCUT2D eigenvalue weighted by atomic mass is 9.96. The molecule has 1 saturated heterocycles. The van der Waals surface area contributed by atoms with Crippen molar-refractivity contribution in [2.45, 2.75) is 18.6 Å². The lowest BCUT2D eigenvalue weighted by Crippen LogP contribution is -2.56. The van der Waals surface area contributed by atoms with Crippen molar-refractivity contribution in [3.63, 3.8) is 0 Å². The van der Waals surface area contributed by atoms with Crippen molar-refractivity contribution in [2.24, 2.45) is 0 Å². The second-order valence-electron chi connectivity index (χ2n) is 10.7. The molecule has 11 heteroatoms. The SMILES string of the molecule is COC(=O)c1cnnn1C[C@H](NC(=O)c1cc2ccccc2[nH]1)C(=O)N1CCN(C(c2ccccc2)c2ccccc2)CC1. The molecule has 1 aliphatic heterocycles. The summed E-state index contributed by atoms with van der Waals surface area (Å²) < 4.78 is 6.14. The number of rotatable bonds is 9. The van der Waals surface area contributed by atoms with Gasteiger partial charge < -0.3 is 19.9 Å². The van der Waals surface area contributed by atoms with Crippen LogP contribution in [-0.2, 0) is 16.1 Å². The van der Waals surface area contributed by atoms with Crippen molar-refractivity contribution in [1.29, 1.82) is 0 Å². The Hall–Kier alpha value is -5.29. The lowest BCUT2D eigenvalue weighted by molar-refractivity contribution is -0.135. The van der Waals surface area contributed by atoms with Crippen molar-refractivity contribution >= 4 is 28.7 Å². The Bertz CT molecular complexity index is 1670. The number of aromatic nitrogens is 4. The molecule has 3 heterocycles. The zero-order valence-corrected chi connectivity index (χ0v) is 24.3. The molecule has 2 amide bonds. The van der Waals surface area contributed by atoms with Gasteiger partial charge >= 0.3 is 5.97 Å². The molecule has 0 radical (unpaired) electrons. The van der Waals surface area contributed by atoms with E-state index in [2.05, 4.69) is 49.8 Å². The van der Waals surface area contributed by atoms with Crippen LogP contribution in [0.3, 0.4) is 0 Å². The first-order valence-corrected chi connectivity index (χ1v) is 14.5. The molecule has 0 unspecified atom stereocenters. The van der Waals surface area contributed by atoms with Gasteiger partial charge in [0.05, 0.1) is 25.9 Å². The summed E-state index contributed by atoms with van der Waals surface area (Å²) >= 11 is 0. The number of esters is 1. The van der Waals surface area contributed by atoms with Crippen LogP contribution in [0.5, 0.6) is 0 Å². The number of piperazine rings is 1. The van der Waals surface area contributed by atoms with Gasteiger partial charge in [-0.25, -0.2) is 9.48 Å². The largest absolute Gasteiger partial charge is 0.464 e. The number of fused-ring (bicyclic) bond motifs is 1. The summed E-state index contributed by atoms with van der Waals surface area (Å²) in [7, 11) is 1.26. The van der Waals surface area contributed by atoms with E-state index < -0.39 is 17.9 Å². The molecule has 0 bridgehead atoms. The molecular formula is C33H33N7O4. The third kappa shape index (κ3) is 6.09. The third-order valence-electron chi connectivity index (χ3n) is 7.97. The first kappa shape index (κ1) is 28.8. The highest BCUT2D eigenvalue weighted by Gasteiger charge is 2.33. The summed E-state index contributed by atoms with van der Waals surface area (Å²) in [6, 6.07) is 29.0. The first-order chi connectivity index (χ1) is 21.5. The van der Waals surface area contributed by atoms with Crippen LogP contribution in [0.2, 0.25) is 0 Å². The van der Waals surface area contributed by atoms with Crippen LogP contribution >= 0.6 is 0 Å². The normalized spacial score (nSPS) is 14.5. The van der Waals surface area contributed by atoms with Crippen LogP contribution in [-0.4, -0.2) is 86.9 Å². The minimum absolute atomic E-state index is 0.0462. The highest BCUT2D eigenvalue weighted by atomic mass is 16.5. The number of hydrogen-bond acceptors (Lipinski definition) is 7. The third-order valence-corrected chi connectivity index (χ3v) is 7.97. The van der Waals surface area contributed by atoms with E-state index >= 15 is 0 Å². The molecular weight excluding hydrogens is 558 g/mol. The molecule has 0 spiro atoms. The summed E-state index contributed by atoms with van der Waals surface area (Å²) in [4.78, 5) is 47.0. The molecule has 1 aliphatic rings. The number of hydrogen-bond donors (Lipinski definition) is 2. The van der Waals surface area contributed by atoms with Gasteiger partial charge in [0.2, 0.25) is 5.91 Å². The summed E-state index contributed by atoms with van der Waals surface area (Å²) in [6.45, 7) is 2.12. The van der Waals surface area contributed by atoms with E-state index in [0.29, 0.717) is 31.9 Å². The minimum atomic E-state index is -1.01. The number of nitrogens with one attached hydrogen (secondary N) is 2. The molecule has 2 aromatic heterocycles. The van der Waals surface area contributed by atoms with E-state index in [9.17, 15) is 14.4 Å². The van der Waals surface area contributed by atoms with Gasteiger partial charge in [0.25, 0.3) is 5.91 Å². The molecule has 0 aliphatic carbocycles. The maximum Gasteiger partial charge on any atom is 0.358 e. The molecule has 1 atom stereocenters. The highest BCUT2D eigenvalue weighted by molar-refractivity contribution is 6.00. The topological polar surface area (TPSA) is 125 Å². The van der Waals surface area contributed by atoms with Crippen molar-refractivity contribution in [2.75, 3.05) is 33.3 Å². The number of methoxy groups -OCH3 is 1. The number of carbonyl (C=O) groups is 3. The summed E-state index contributed by atoms with van der Waals surface area (Å²) in [5.41, 5.74) is 3.59. The van der Waals surface area contributed by atoms with Gasteiger partial charge in [-0.2, -0.15) is 0 Å². The number of nitrogens with zero attached hydrogens (tertiary/aromatic N) is 5. The molecule has 11 nitrogen and oxygen atoms in total. The van der Waals surface area contributed by atoms with Crippen LogP contribution in [0.25, 0.3) is 10.9 Å². The average molecular weight is 592 g/mol. The standard InChI is InChI=1S/C33H33N7O4/c1-44-33(43)29-21-34-37-40(29)22-28(36-31(41)27-20-25-14-8-9-15-26(25)35-27)32(42)39-18-16-38(17-19-39)30(23-10-4-2-5-11-23)24-12-6-3-7-13-24/h2-15,20-21,28,30,35H,16-19,22H2,1H3,(H,36,41)/t28-/m0/s1. The Morgan fingerprint density at radius 1 is 0.886 bits per heavy atom. The van der Waals surface area contributed by atoms with Crippen LogP contribution in [0, 0.1) is 0 Å². The van der Waals surface area contributed by atoms with Gasteiger partial charge in [0.15, 0.2) is 5.69 Å². The molecule has 6 rings (SSSR count). The Morgan fingerprint density at radius 2 is 1.52 bits per heavy atom. The first-order valence-electron chi connectivity index (χ1n) is 14.5. The zero-order chi connectivity index (χ0) is 30.5. The molecule has 44 heavy (non-hydrogen) atoms. The summed E-state index contributed by atoms with van der Waals surface area (Å²) in [5.74, 6) is -1.34. The Kier molecular flexibility index (Phi) is 8.46. The van der Waals surface area contributed by atoms with Crippen LogP contribution in [0.1, 0.15) is 38.1 Å². The fourth-order valence-corrected chi connectivity index (χ4v) is 5.75. The Balaban J connectivity index is 1.22. The van der Waals surface area contributed by atoms with Gasteiger partial charge in [0, 0.05) is 37.1 Å². The Labute approximate surface area is 254 Å². The number of ether oxygens (including phenoxy) is 1. The van der Waals surface area contributed by atoms with Crippen molar-refractivity contribution < 1.29 is 19.1 Å². The molecule has 1 fully saturated rings. The van der Waals surface area contributed by atoms with Crippen molar-refractivity contribution in [1.82, 2.24) is 35.1 Å². The van der Waals surface area contributed by atoms with Gasteiger partial charge in [-0.3, -0.25) is 14.5 Å². The van der Waals surface area contributed by atoms with Crippen molar-refractivity contribution in [3.05, 3.63) is 120 Å². The number of aromatic amines is 1. The summed E-state index contributed by atoms with van der Waals surface area (Å²) in [6.07, 6.45) is 1.28. The predicted octanol–water partition coefficient (Wildman–Crippen LogP) is 3.28. The van der Waals surface area contributed by atoms with E-state index in [4.69, 9.17) is 4.74 Å². The lowest BCUT2D eigenvalue weighted by Gasteiger charge is -2.40. The Morgan fingerprint density at radius 3 is 2.16 bits per heavy atom. The fourth-order valence-electron chi connectivity index (χ4n) is 5.75. The maximum absolute atomic E-state index is 14.0. The highest BCUT2D eigenvalue weighted by Crippen LogP contribution is 2.29. The van der Waals surface area contributed by atoms with Gasteiger partial charge in [-0.15, -0.1) is 5.10 Å². The number of para-hydroxylation sites is 1. The predicted molar refractivity (Wildman–Crippen MR) is 164 cm³/mol. The zero-order valence-electron chi connectivity index (χ0n) is 24.3. The van der Waals surface area contributed by atoms with Crippen molar-refractivity contribution in [3.8, 4) is 0 Å². The molecule has 3 aromatic carbocycles. The van der Waals surface area contributed by atoms with Crippen LogP contribution in [0.15, 0.2) is 97.2 Å². The molecule has 224 valence electrons. The monoisotopic (exact) mass is 591 g/mol. The molecule has 2 N–H and O–H groups in total. The van der Waals surface area contributed by atoms with Gasteiger partial charge in [-0.05, 0) is 23.3 Å². The van der Waals surface area contributed by atoms with Crippen LogP contribution < -0.4 is 5.32 Å². The molecule has 0 saturated carbocycles. The number of H-pyrrole nitrogens is 1. The summed E-state index contributed by atoms with van der Waals surface area (Å²) in [5, 5.41) is 11.6. The number of carbonyl (C=O) groups excluding carboxylic acids is 3. The second-order valence-corrected chi connectivity index (χ2v) is 10.7. The molecule has 5 aromatic rings. The van der Waals surface area contributed by atoms with Gasteiger partial charge in [0.1, 0.15) is 11.7 Å². The van der Waals surface area contributed by atoms with E-state index in [1.54, 1.807) is 11.0 Å². The quantitative estimate of drug-likeness (QED) is 0.252. The average Bonchev–Trinajstić information content (AvgIpc) is 3.73. The fraction of sp³-hybridized carbons (Fsp3) is 0.242. The number of amides is 2. The smallest absolute Gasteiger partial charge is 0.358 e. The maximum atomic E-state index is 14.0. The van der Waals surface area contributed by atoms with E-state index in [-0.39, 0.29) is 24.2 Å². The van der Waals surface area contributed by atoms with Crippen LogP contribution in [0.4, 0.5) is 0 Å². The number of benzene rings is 3. The van der Waals surface area contributed by atoms with E-state index in [1.165, 1.54) is 29.1 Å². The second kappa shape index (κ2) is 12.9. The van der Waals surface area contributed by atoms with E-state index in [1.807, 2.05) is 60.7 Å². The minimum Gasteiger partial charge on any atom is -0.464 e. The van der Waals surface area contributed by atoms with Gasteiger partial charge in [-0.1, -0.05) is 84.1 Å².